The third-order valence-corrected chi connectivity index (χ3v) is 8.61. The SMILES string of the molecule is O=C(Nc1ccc(F)cc1Cc1cccc(OCc2ccc(F)cc2)c1)[C@@]12CCCN1S2(=O)=O. The van der Waals surface area contributed by atoms with E-state index in [9.17, 15) is 22.0 Å². The molecule has 2 heterocycles. The van der Waals surface area contributed by atoms with E-state index in [1.807, 2.05) is 12.1 Å². The summed E-state index contributed by atoms with van der Waals surface area (Å²) in [7, 11) is -3.59. The standard InChI is InChI=1S/C25H22F2N2O4S/c26-20-7-5-17(6-8-20)16-33-22-4-1-3-18(14-22)13-19-15-21(27)9-10-23(19)28-24(30)25-11-2-12-29(25)34(25,31)32/h1,3-10,14-15H,2,11-13,16H2,(H,28,30)/t25-,29?/m0/s1. The normalized spacial score (nSPS) is 22.1. The highest BCUT2D eigenvalue weighted by Crippen LogP contribution is 2.52. The zero-order valence-electron chi connectivity index (χ0n) is 18.1. The number of carbonyl (C=O) groups is 1. The molecule has 2 fully saturated rings. The second-order valence-electron chi connectivity index (χ2n) is 8.46. The predicted molar refractivity (Wildman–Crippen MR) is 123 cm³/mol. The molecule has 3 aromatic carbocycles. The van der Waals surface area contributed by atoms with E-state index in [2.05, 4.69) is 5.32 Å². The van der Waals surface area contributed by atoms with Crippen LogP contribution in [0.1, 0.15) is 29.5 Å². The summed E-state index contributed by atoms with van der Waals surface area (Å²) < 4.78 is 58.7. The fourth-order valence-electron chi connectivity index (χ4n) is 4.46. The first-order chi connectivity index (χ1) is 16.3. The molecule has 34 heavy (non-hydrogen) atoms. The second-order valence-corrected chi connectivity index (χ2v) is 10.5. The lowest BCUT2D eigenvalue weighted by molar-refractivity contribution is -0.118. The van der Waals surface area contributed by atoms with Crippen LogP contribution in [0.25, 0.3) is 0 Å². The van der Waals surface area contributed by atoms with Gasteiger partial charge in [0, 0.05) is 12.2 Å². The molecule has 1 amide bonds. The number of hydrogen-bond acceptors (Lipinski definition) is 4. The number of hydrogen-bond donors (Lipinski definition) is 1. The summed E-state index contributed by atoms with van der Waals surface area (Å²) in [5, 5.41) is 2.72. The molecule has 176 valence electrons. The molecule has 2 saturated heterocycles. The van der Waals surface area contributed by atoms with Gasteiger partial charge in [0.1, 0.15) is 24.0 Å². The van der Waals surface area contributed by atoms with E-state index >= 15 is 0 Å². The first-order valence-electron chi connectivity index (χ1n) is 10.9. The molecule has 0 saturated carbocycles. The van der Waals surface area contributed by atoms with Gasteiger partial charge in [-0.05, 0) is 78.4 Å². The number of nitrogens with zero attached hydrogens (tertiary/aromatic N) is 1. The molecule has 5 rings (SSSR count). The van der Waals surface area contributed by atoms with Gasteiger partial charge < -0.3 is 10.1 Å². The topological polar surface area (TPSA) is 75.5 Å². The van der Waals surface area contributed by atoms with Crippen LogP contribution in [-0.4, -0.2) is 30.0 Å². The first-order valence-corrected chi connectivity index (χ1v) is 12.3. The van der Waals surface area contributed by atoms with Gasteiger partial charge in [-0.3, -0.25) is 4.79 Å². The van der Waals surface area contributed by atoms with E-state index in [0.717, 1.165) is 11.1 Å². The van der Waals surface area contributed by atoms with Crippen LogP contribution < -0.4 is 10.1 Å². The van der Waals surface area contributed by atoms with Crippen LogP contribution in [-0.2, 0) is 27.8 Å². The van der Waals surface area contributed by atoms with Crippen LogP contribution in [0.4, 0.5) is 14.5 Å². The molecule has 9 heteroatoms. The van der Waals surface area contributed by atoms with E-state index < -0.39 is 26.6 Å². The molecule has 0 spiro atoms. The van der Waals surface area contributed by atoms with Gasteiger partial charge in [0.05, 0.1) is 0 Å². The minimum Gasteiger partial charge on any atom is -0.489 e. The summed E-state index contributed by atoms with van der Waals surface area (Å²) in [6.45, 7) is 0.606. The molecule has 3 aromatic rings. The summed E-state index contributed by atoms with van der Waals surface area (Å²) in [5.41, 5.74) is 2.52. The number of anilines is 1. The highest BCUT2D eigenvalue weighted by Gasteiger charge is 2.77. The summed E-state index contributed by atoms with van der Waals surface area (Å²) in [6, 6.07) is 17.3. The Balaban J connectivity index is 1.32. The number of fused-ring (bicyclic) bond motifs is 1. The van der Waals surface area contributed by atoms with Crippen molar-refractivity contribution in [1.82, 2.24) is 4.31 Å². The van der Waals surface area contributed by atoms with Crippen LogP contribution >= 0.6 is 0 Å². The molecule has 2 aliphatic heterocycles. The minimum atomic E-state index is -3.59. The zero-order chi connectivity index (χ0) is 23.9. The maximum absolute atomic E-state index is 14.0. The van der Waals surface area contributed by atoms with Crippen LogP contribution in [0.5, 0.6) is 5.75 Å². The zero-order valence-corrected chi connectivity index (χ0v) is 18.9. The molecule has 1 unspecified atom stereocenters. The molecule has 0 bridgehead atoms. The fraction of sp³-hybridized carbons (Fsp3) is 0.240. The summed E-state index contributed by atoms with van der Waals surface area (Å²) in [6.07, 6.45) is 1.18. The van der Waals surface area contributed by atoms with E-state index in [0.29, 0.717) is 36.4 Å². The number of halogens is 2. The van der Waals surface area contributed by atoms with Gasteiger partial charge in [-0.1, -0.05) is 24.3 Å². The van der Waals surface area contributed by atoms with Crippen molar-refractivity contribution in [2.24, 2.45) is 0 Å². The van der Waals surface area contributed by atoms with E-state index in [4.69, 9.17) is 4.74 Å². The van der Waals surface area contributed by atoms with Gasteiger partial charge in [0.2, 0.25) is 14.9 Å². The average Bonchev–Trinajstić information content (AvgIpc) is 3.12. The van der Waals surface area contributed by atoms with Gasteiger partial charge >= 0.3 is 0 Å². The number of ether oxygens (including phenoxy) is 1. The van der Waals surface area contributed by atoms with E-state index in [1.54, 1.807) is 24.3 Å². The second kappa shape index (κ2) is 8.48. The van der Waals surface area contributed by atoms with Crippen molar-refractivity contribution >= 4 is 21.6 Å². The summed E-state index contributed by atoms with van der Waals surface area (Å²) in [4.78, 5) is 11.4. The number of benzene rings is 3. The van der Waals surface area contributed by atoms with Crippen molar-refractivity contribution in [3.05, 3.63) is 95.1 Å². The first kappa shape index (κ1) is 22.5. The summed E-state index contributed by atoms with van der Waals surface area (Å²) in [5.74, 6) is -0.790. The molecule has 0 aromatic heterocycles. The van der Waals surface area contributed by atoms with Crippen molar-refractivity contribution in [2.75, 3.05) is 11.9 Å². The Hall–Kier alpha value is -3.30. The lowest BCUT2D eigenvalue weighted by Crippen LogP contribution is -2.33. The Kier molecular flexibility index (Phi) is 5.61. The van der Waals surface area contributed by atoms with Gasteiger partial charge in [0.25, 0.3) is 5.91 Å². The quantitative estimate of drug-likeness (QED) is 0.510. The molecule has 0 radical (unpaired) electrons. The number of carbonyl (C=O) groups excluding carboxylic acids is 1. The third kappa shape index (κ3) is 3.95. The maximum atomic E-state index is 14.0. The molecule has 2 aliphatic rings. The van der Waals surface area contributed by atoms with Crippen molar-refractivity contribution in [1.29, 1.82) is 0 Å². The van der Waals surface area contributed by atoms with Crippen molar-refractivity contribution < 1.29 is 26.7 Å². The Bertz CT molecular complexity index is 1360. The maximum Gasteiger partial charge on any atom is 0.263 e. The van der Waals surface area contributed by atoms with Crippen molar-refractivity contribution in [3.8, 4) is 5.75 Å². The summed E-state index contributed by atoms with van der Waals surface area (Å²) >= 11 is 0. The number of rotatable bonds is 7. The lowest BCUT2D eigenvalue weighted by Gasteiger charge is -2.14. The van der Waals surface area contributed by atoms with Crippen molar-refractivity contribution in [2.45, 2.75) is 30.7 Å². The van der Waals surface area contributed by atoms with Gasteiger partial charge in [0.15, 0.2) is 0 Å². The van der Waals surface area contributed by atoms with Gasteiger partial charge in [-0.2, -0.15) is 4.31 Å². The van der Waals surface area contributed by atoms with Crippen LogP contribution in [0.15, 0.2) is 66.7 Å². The third-order valence-electron chi connectivity index (χ3n) is 6.25. The van der Waals surface area contributed by atoms with E-state index in [-0.39, 0.29) is 18.8 Å². The average molecular weight is 485 g/mol. The Morgan fingerprint density at radius 1 is 1.00 bits per heavy atom. The largest absolute Gasteiger partial charge is 0.489 e. The van der Waals surface area contributed by atoms with Gasteiger partial charge in [-0.25, -0.2) is 17.2 Å². The van der Waals surface area contributed by atoms with Gasteiger partial charge in [-0.15, -0.1) is 0 Å². The molecular formula is C25H22F2N2O4S. The monoisotopic (exact) mass is 484 g/mol. The number of sulfonamides is 1. The molecular weight excluding hydrogens is 462 g/mol. The van der Waals surface area contributed by atoms with Crippen LogP contribution in [0, 0.1) is 11.6 Å². The van der Waals surface area contributed by atoms with Crippen molar-refractivity contribution in [3.63, 3.8) is 0 Å². The fourth-order valence-corrected chi connectivity index (χ4v) is 6.63. The Labute approximate surface area is 196 Å². The van der Waals surface area contributed by atoms with Crippen LogP contribution in [0.3, 0.4) is 0 Å². The lowest BCUT2D eigenvalue weighted by atomic mass is 10.0. The highest BCUT2D eigenvalue weighted by atomic mass is 32.2. The van der Waals surface area contributed by atoms with Crippen LogP contribution in [0.2, 0.25) is 0 Å². The molecule has 1 N–H and O–H groups in total. The van der Waals surface area contributed by atoms with E-state index in [1.165, 1.54) is 34.6 Å². The minimum absolute atomic E-state index is 0.255. The molecule has 6 nitrogen and oxygen atoms in total. The number of amides is 1. The number of nitrogens with one attached hydrogen (secondary N) is 1. The molecule has 0 aliphatic carbocycles. The highest BCUT2D eigenvalue weighted by molar-refractivity contribution is 7.98. The Morgan fingerprint density at radius 3 is 2.50 bits per heavy atom. The Morgan fingerprint density at radius 2 is 1.76 bits per heavy atom. The molecule has 2 atom stereocenters. The predicted octanol–water partition coefficient (Wildman–Crippen LogP) is 4.21. The smallest absolute Gasteiger partial charge is 0.263 e.